The SMILES string of the molecule is O=C1C(Cl)=C(Nc2ccc3ccccc3c2)c2c(Cl)c(Cl)c(Cl)c(Cl)c21. The van der Waals surface area contributed by atoms with Crippen molar-refractivity contribution in [1.82, 2.24) is 0 Å². The van der Waals surface area contributed by atoms with Gasteiger partial charge in [0.2, 0.25) is 5.78 Å². The summed E-state index contributed by atoms with van der Waals surface area (Å²) in [5.41, 5.74) is 1.61. The van der Waals surface area contributed by atoms with Crippen LogP contribution in [-0.4, -0.2) is 5.78 Å². The molecule has 3 aromatic carbocycles. The van der Waals surface area contributed by atoms with Gasteiger partial charge in [-0.2, -0.15) is 0 Å². The third kappa shape index (κ3) is 2.69. The minimum absolute atomic E-state index is 0.0182. The molecule has 0 spiro atoms. The van der Waals surface area contributed by atoms with Crippen LogP contribution >= 0.6 is 58.0 Å². The third-order valence-corrected chi connectivity index (χ3v) is 6.34. The number of ketones is 1. The Balaban J connectivity index is 1.86. The lowest BCUT2D eigenvalue weighted by Crippen LogP contribution is -2.00. The van der Waals surface area contributed by atoms with E-state index in [1.165, 1.54) is 0 Å². The van der Waals surface area contributed by atoms with Crippen LogP contribution in [0, 0.1) is 0 Å². The first-order valence-corrected chi connectivity index (χ1v) is 9.35. The van der Waals surface area contributed by atoms with Crippen molar-refractivity contribution in [3.63, 3.8) is 0 Å². The molecule has 0 radical (unpaired) electrons. The van der Waals surface area contributed by atoms with Crippen LogP contribution in [0.3, 0.4) is 0 Å². The van der Waals surface area contributed by atoms with Crippen molar-refractivity contribution in [2.75, 3.05) is 5.32 Å². The molecule has 0 amide bonds. The molecule has 26 heavy (non-hydrogen) atoms. The van der Waals surface area contributed by atoms with E-state index in [0.717, 1.165) is 16.5 Å². The van der Waals surface area contributed by atoms with Crippen LogP contribution < -0.4 is 5.32 Å². The van der Waals surface area contributed by atoms with E-state index < -0.39 is 5.78 Å². The predicted octanol–water partition coefficient (Wildman–Crippen LogP) is 7.67. The van der Waals surface area contributed by atoms with Crippen molar-refractivity contribution in [1.29, 1.82) is 0 Å². The number of carbonyl (C=O) groups excluding carboxylic acids is 1. The second-order valence-electron chi connectivity index (χ2n) is 5.71. The van der Waals surface area contributed by atoms with Crippen LogP contribution in [0.4, 0.5) is 5.69 Å². The number of anilines is 1. The van der Waals surface area contributed by atoms with Crippen molar-refractivity contribution in [3.05, 3.63) is 78.7 Å². The van der Waals surface area contributed by atoms with E-state index >= 15 is 0 Å². The Morgan fingerprint density at radius 3 is 2.00 bits per heavy atom. The lowest BCUT2D eigenvalue weighted by molar-refractivity contribution is 0.104. The summed E-state index contributed by atoms with van der Waals surface area (Å²) in [6, 6.07) is 13.7. The molecular weight excluding hydrogens is 435 g/mol. The molecule has 0 saturated carbocycles. The first-order chi connectivity index (χ1) is 12.4. The van der Waals surface area contributed by atoms with Gasteiger partial charge in [-0.05, 0) is 22.9 Å². The topological polar surface area (TPSA) is 29.1 Å². The van der Waals surface area contributed by atoms with E-state index in [9.17, 15) is 4.79 Å². The number of rotatable bonds is 2. The molecule has 0 atom stereocenters. The first-order valence-electron chi connectivity index (χ1n) is 7.46. The molecule has 0 bridgehead atoms. The summed E-state index contributed by atoms with van der Waals surface area (Å²) < 4.78 is 0. The molecule has 3 aromatic rings. The van der Waals surface area contributed by atoms with Crippen molar-refractivity contribution < 1.29 is 4.79 Å². The van der Waals surface area contributed by atoms with Crippen LogP contribution in [0.25, 0.3) is 16.5 Å². The average molecular weight is 444 g/mol. The Hall–Kier alpha value is -1.42. The summed E-state index contributed by atoms with van der Waals surface area (Å²) in [7, 11) is 0. The van der Waals surface area contributed by atoms with E-state index in [-0.39, 0.29) is 30.7 Å². The van der Waals surface area contributed by atoms with Crippen molar-refractivity contribution in [3.8, 4) is 0 Å². The molecule has 1 aliphatic rings. The molecule has 4 rings (SSSR count). The maximum absolute atomic E-state index is 12.6. The van der Waals surface area contributed by atoms with Gasteiger partial charge in [0.1, 0.15) is 5.03 Å². The van der Waals surface area contributed by atoms with E-state index in [1.54, 1.807) is 0 Å². The van der Waals surface area contributed by atoms with E-state index in [0.29, 0.717) is 11.3 Å². The minimum atomic E-state index is -0.449. The molecule has 0 aromatic heterocycles. The summed E-state index contributed by atoms with van der Waals surface area (Å²) >= 11 is 31.1. The van der Waals surface area contributed by atoms with Crippen LogP contribution in [0.1, 0.15) is 15.9 Å². The summed E-state index contributed by atoms with van der Waals surface area (Å²) in [5, 5.41) is 5.55. The number of Topliss-reactive ketones (excluding diaryl/α,β-unsaturated/α-hetero) is 1. The number of benzene rings is 3. The second kappa shape index (κ2) is 6.63. The number of halogens is 5. The molecule has 1 N–H and O–H groups in total. The normalized spacial score (nSPS) is 13.5. The van der Waals surface area contributed by atoms with Gasteiger partial charge in [-0.25, -0.2) is 0 Å². The molecule has 1 aliphatic carbocycles. The summed E-state index contributed by atoms with van der Waals surface area (Å²) in [4.78, 5) is 12.6. The molecule has 0 aliphatic heterocycles. The molecule has 0 fully saturated rings. The predicted molar refractivity (Wildman–Crippen MR) is 111 cm³/mol. The van der Waals surface area contributed by atoms with Gasteiger partial charge >= 0.3 is 0 Å². The minimum Gasteiger partial charge on any atom is -0.354 e. The first kappa shape index (κ1) is 18.0. The van der Waals surface area contributed by atoms with E-state index in [2.05, 4.69) is 5.32 Å². The zero-order valence-electron chi connectivity index (χ0n) is 12.8. The van der Waals surface area contributed by atoms with E-state index in [4.69, 9.17) is 58.0 Å². The summed E-state index contributed by atoms with van der Waals surface area (Å²) in [5.74, 6) is -0.449. The maximum atomic E-state index is 12.6. The van der Waals surface area contributed by atoms with Gasteiger partial charge in [-0.1, -0.05) is 88.3 Å². The van der Waals surface area contributed by atoms with Gasteiger partial charge in [0, 0.05) is 11.3 Å². The Kier molecular flexibility index (Phi) is 4.58. The van der Waals surface area contributed by atoms with Gasteiger partial charge in [-0.15, -0.1) is 0 Å². The Labute approximate surface area is 174 Å². The standard InChI is InChI=1S/C19H8Cl5NO/c20-13-11-12(14(21)16(23)15(13)22)19(26)17(24)18(11)25-10-6-5-8-3-1-2-4-9(8)7-10/h1-7,25H. The van der Waals surface area contributed by atoms with Gasteiger partial charge in [0.05, 0.1) is 31.4 Å². The highest BCUT2D eigenvalue weighted by molar-refractivity contribution is 6.58. The molecule has 2 nitrogen and oxygen atoms in total. The number of carbonyl (C=O) groups is 1. The van der Waals surface area contributed by atoms with Crippen LogP contribution in [0.2, 0.25) is 20.1 Å². The highest BCUT2D eigenvalue weighted by Gasteiger charge is 2.36. The fourth-order valence-electron chi connectivity index (χ4n) is 2.94. The zero-order chi connectivity index (χ0) is 18.6. The van der Waals surface area contributed by atoms with Crippen LogP contribution in [0.15, 0.2) is 47.5 Å². The van der Waals surface area contributed by atoms with Crippen LogP contribution in [0.5, 0.6) is 0 Å². The quantitative estimate of drug-likeness (QED) is 0.325. The lowest BCUT2D eigenvalue weighted by Gasteiger charge is -2.14. The molecule has 0 heterocycles. The second-order valence-corrected chi connectivity index (χ2v) is 7.60. The number of hydrogen-bond donors (Lipinski definition) is 1. The average Bonchev–Trinajstić information content (AvgIpc) is 2.89. The van der Waals surface area contributed by atoms with Crippen molar-refractivity contribution >= 4 is 85.9 Å². The van der Waals surface area contributed by atoms with Crippen LogP contribution in [-0.2, 0) is 0 Å². The Morgan fingerprint density at radius 1 is 0.692 bits per heavy atom. The van der Waals surface area contributed by atoms with Gasteiger partial charge < -0.3 is 5.32 Å². The summed E-state index contributed by atoms with van der Waals surface area (Å²) in [6.07, 6.45) is 0. The molecule has 0 saturated heterocycles. The van der Waals surface area contributed by atoms with Gasteiger partial charge in [-0.3, -0.25) is 4.79 Å². The van der Waals surface area contributed by atoms with Gasteiger partial charge in [0.15, 0.2) is 0 Å². The van der Waals surface area contributed by atoms with E-state index in [1.807, 2.05) is 42.5 Å². The molecule has 7 heteroatoms. The summed E-state index contributed by atoms with van der Waals surface area (Å²) in [6.45, 7) is 0. The number of fused-ring (bicyclic) bond motifs is 2. The largest absolute Gasteiger partial charge is 0.354 e. The van der Waals surface area contributed by atoms with Gasteiger partial charge in [0.25, 0.3) is 0 Å². The monoisotopic (exact) mass is 441 g/mol. The number of hydrogen-bond acceptors (Lipinski definition) is 2. The fourth-order valence-corrected chi connectivity index (χ4v) is 4.21. The molecule has 0 unspecified atom stereocenters. The highest BCUT2D eigenvalue weighted by Crippen LogP contribution is 2.49. The smallest absolute Gasteiger partial charge is 0.208 e. The fraction of sp³-hybridized carbons (Fsp3) is 0. The highest BCUT2D eigenvalue weighted by atomic mass is 35.5. The lowest BCUT2D eigenvalue weighted by atomic mass is 10.1. The van der Waals surface area contributed by atoms with Crippen molar-refractivity contribution in [2.45, 2.75) is 0 Å². The molecule has 130 valence electrons. The Bertz CT molecular complexity index is 1140. The number of nitrogens with one attached hydrogen (secondary N) is 1. The Morgan fingerprint density at radius 2 is 1.31 bits per heavy atom. The molecular formula is C19H8Cl5NO. The number of allylic oxidation sites excluding steroid dienone is 1. The third-order valence-electron chi connectivity index (χ3n) is 4.18. The zero-order valence-corrected chi connectivity index (χ0v) is 16.6. The maximum Gasteiger partial charge on any atom is 0.208 e. The van der Waals surface area contributed by atoms with Crippen molar-refractivity contribution in [2.24, 2.45) is 0 Å².